The number of nitrogens with zero attached hydrogens (tertiary/aromatic N) is 3. The van der Waals surface area contributed by atoms with Gasteiger partial charge in [0.15, 0.2) is 0 Å². The number of fused-ring (bicyclic) bond motifs is 4. The summed E-state index contributed by atoms with van der Waals surface area (Å²) in [5.74, 6) is 0.689. The average molecular weight is 1040 g/mol. The number of rotatable bonds is 8. The molecule has 3 nitrogen and oxygen atoms in total. The molecule has 0 saturated carbocycles. The Kier molecular flexibility index (Phi) is 11.8. The summed E-state index contributed by atoms with van der Waals surface area (Å²) in [4.78, 5) is 7.05. The number of hydrogen-bond donors (Lipinski definition) is 0. The van der Waals surface area contributed by atoms with Crippen LogP contribution in [0.3, 0.4) is 0 Å². The molecular weight excluding hydrogens is 979 g/mol. The molecule has 0 spiro atoms. The third-order valence-electron chi connectivity index (χ3n) is 11.3. The zero-order chi connectivity index (χ0) is 48.2. The number of anilines is 2. The molecule has 1 atom stereocenters. The second-order valence-electron chi connectivity index (χ2n) is 19.0. The molecule has 0 bridgehead atoms. The predicted molar refractivity (Wildman–Crippen MR) is 272 cm³/mol. The van der Waals surface area contributed by atoms with Crippen LogP contribution in [0.4, 0.5) is 17.1 Å². The number of pyridine rings is 1. The van der Waals surface area contributed by atoms with Gasteiger partial charge in [0.1, 0.15) is 0 Å². The first-order valence-electron chi connectivity index (χ1n) is 24.2. The molecule has 0 amide bonds. The maximum Gasteiger partial charge on any atom is 3.00 e. The summed E-state index contributed by atoms with van der Waals surface area (Å²) in [5.41, 5.74) is 11.4. The molecule has 0 aliphatic carbocycles. The van der Waals surface area contributed by atoms with Gasteiger partial charge in [0.05, 0.1) is 8.07 Å². The molecule has 0 radical (unpaired) electrons. The Hall–Kier alpha value is -4.84. The molecule has 322 valence electrons. The molecule has 1 aliphatic rings. The van der Waals surface area contributed by atoms with Crippen LogP contribution in [0.2, 0.25) is 19.6 Å². The predicted octanol–water partition coefficient (Wildman–Crippen LogP) is 16.6. The van der Waals surface area contributed by atoms with Crippen molar-refractivity contribution < 1.29 is 27.0 Å². The molecule has 0 fully saturated rings. The van der Waals surface area contributed by atoms with E-state index >= 15 is 0 Å². The van der Waals surface area contributed by atoms with Gasteiger partial charge >= 0.3 is 20.1 Å². The Balaban J connectivity index is 0.000000215. The van der Waals surface area contributed by atoms with Crippen molar-refractivity contribution in [3.63, 3.8) is 0 Å². The summed E-state index contributed by atoms with van der Waals surface area (Å²) >= 11 is 1.83. The van der Waals surface area contributed by atoms with E-state index in [1.165, 1.54) is 54.2 Å². The average Bonchev–Trinajstić information content (AvgIpc) is 3.86. The minimum atomic E-state index is -2.17. The van der Waals surface area contributed by atoms with E-state index in [1.54, 1.807) is 18.3 Å². The van der Waals surface area contributed by atoms with Crippen molar-refractivity contribution in [2.24, 2.45) is 5.41 Å². The van der Waals surface area contributed by atoms with Gasteiger partial charge in [-0.3, -0.25) is 0 Å². The second kappa shape index (κ2) is 18.7. The number of aromatic nitrogens is 1. The van der Waals surface area contributed by atoms with Crippen LogP contribution < -0.4 is 10.1 Å². The molecule has 63 heavy (non-hydrogen) atoms. The summed E-state index contributed by atoms with van der Waals surface area (Å²) in [6, 6.07) is 50.5. The normalized spacial score (nSPS) is 15.4. The van der Waals surface area contributed by atoms with Crippen molar-refractivity contribution in [1.82, 2.24) is 4.98 Å². The number of para-hydroxylation sites is 2. The van der Waals surface area contributed by atoms with Crippen LogP contribution in [-0.4, -0.2) is 13.1 Å². The van der Waals surface area contributed by atoms with Crippen LogP contribution in [0.1, 0.15) is 101 Å². The summed E-state index contributed by atoms with van der Waals surface area (Å²) < 4.78 is 42.6. The van der Waals surface area contributed by atoms with Gasteiger partial charge in [-0.25, -0.2) is 11.3 Å². The molecule has 9 rings (SSSR count). The molecule has 0 saturated heterocycles. The van der Waals surface area contributed by atoms with Crippen LogP contribution in [-0.2, 0) is 26.5 Å². The fourth-order valence-electron chi connectivity index (χ4n) is 8.31. The molecule has 0 N–H and O–H groups in total. The van der Waals surface area contributed by atoms with E-state index in [1.807, 2.05) is 38.2 Å². The summed E-state index contributed by atoms with van der Waals surface area (Å²) in [5, 5.41) is 8.92. The third-order valence-corrected chi connectivity index (χ3v) is 14.5. The van der Waals surface area contributed by atoms with Gasteiger partial charge in [-0.15, -0.1) is 46.5 Å². The Morgan fingerprint density at radius 1 is 0.778 bits per heavy atom. The standard InChI is InChI=1S/C37H32N2S.C20H28NSi.Ir/c1-23(2)29-21-27(25-12-6-5-7-13-25)22-30(24(3)4)36(29)39-33-16-10-9-15-32(33)38-37(39)26-18-19-35-31(20-26)28-14-8-11-17-34(28)40-35;1-15-8-10-16(11-9-15)18-12-17(13-20(2,3)4)19(14-21-18)22(5,6)7;/h5-17,19-24,37H,1-4H3;8-10,12,14H,13H2,1-7H3;/q-2;-1;+3/i;1D3,13D2;. The van der Waals surface area contributed by atoms with Crippen molar-refractivity contribution in [3.05, 3.63) is 179 Å². The molecule has 1 unspecified atom stereocenters. The van der Waals surface area contributed by atoms with Gasteiger partial charge in [0.25, 0.3) is 0 Å². The topological polar surface area (TPSA) is 30.2 Å². The first-order chi connectivity index (χ1) is 31.5. The number of hydrogen-bond acceptors (Lipinski definition) is 3. The maximum absolute atomic E-state index is 8.79. The van der Waals surface area contributed by atoms with Crippen molar-refractivity contribution in [3.8, 4) is 22.4 Å². The van der Waals surface area contributed by atoms with E-state index in [0.717, 1.165) is 22.1 Å². The molecule has 2 aromatic heterocycles. The summed E-state index contributed by atoms with van der Waals surface area (Å²) in [7, 11) is -1.81. The van der Waals surface area contributed by atoms with E-state index in [0.29, 0.717) is 28.7 Å². The number of thiophene rings is 1. The van der Waals surface area contributed by atoms with Crippen LogP contribution in [0.5, 0.6) is 0 Å². The van der Waals surface area contributed by atoms with E-state index in [4.69, 9.17) is 12.2 Å². The van der Waals surface area contributed by atoms with Gasteiger partial charge < -0.3 is 15.2 Å². The fourth-order valence-corrected chi connectivity index (χ4v) is 10.8. The largest absolute Gasteiger partial charge is 3.00 e. The van der Waals surface area contributed by atoms with E-state index in [-0.39, 0.29) is 31.8 Å². The second-order valence-corrected chi connectivity index (χ2v) is 25.2. The van der Waals surface area contributed by atoms with Gasteiger partial charge in [0.2, 0.25) is 0 Å². The van der Waals surface area contributed by atoms with Crippen molar-refractivity contribution in [2.75, 3.05) is 4.90 Å². The van der Waals surface area contributed by atoms with Crippen LogP contribution in [0, 0.1) is 24.4 Å². The molecule has 6 aromatic carbocycles. The Morgan fingerprint density at radius 2 is 1.46 bits per heavy atom. The van der Waals surface area contributed by atoms with Crippen molar-refractivity contribution in [1.29, 1.82) is 0 Å². The molecule has 3 heterocycles. The molecule has 8 aromatic rings. The third kappa shape index (κ3) is 9.96. The number of aryl methyl sites for hydroxylation is 1. The van der Waals surface area contributed by atoms with E-state index in [2.05, 4.69) is 172 Å². The van der Waals surface area contributed by atoms with E-state index < -0.39 is 26.7 Å². The molecule has 1 aliphatic heterocycles. The smallest absolute Gasteiger partial charge is 0.661 e. The minimum absolute atomic E-state index is 0. The number of benzene rings is 6. The van der Waals surface area contributed by atoms with Crippen molar-refractivity contribution >= 4 is 61.8 Å². The maximum atomic E-state index is 8.79. The van der Waals surface area contributed by atoms with Gasteiger partial charge in [-0.2, -0.15) is 23.8 Å². The van der Waals surface area contributed by atoms with Crippen molar-refractivity contribution in [2.45, 2.75) is 99.3 Å². The first-order valence-corrected chi connectivity index (χ1v) is 26.0. The van der Waals surface area contributed by atoms with Crippen LogP contribution in [0.25, 0.3) is 47.9 Å². The van der Waals surface area contributed by atoms with Crippen LogP contribution in [0.15, 0.2) is 134 Å². The minimum Gasteiger partial charge on any atom is -0.661 e. The first kappa shape index (κ1) is 39.7. The quantitative estimate of drug-likeness (QED) is 0.112. The zero-order valence-electron chi connectivity index (χ0n) is 43.0. The fraction of sp³-hybridized carbons (Fsp3) is 0.281. The molecule has 6 heteroatoms. The Bertz CT molecular complexity index is 3030. The summed E-state index contributed by atoms with van der Waals surface area (Å²) in [6.07, 6.45) is 0.0864. The Morgan fingerprint density at radius 3 is 2.11 bits per heavy atom. The zero-order valence-corrected chi connectivity index (χ0v) is 42.2. The summed E-state index contributed by atoms with van der Waals surface area (Å²) in [6.45, 7) is 19.3. The van der Waals surface area contributed by atoms with Gasteiger partial charge in [-0.05, 0) is 92.6 Å². The molecular formula is C57H60IrN3SSi. The van der Waals surface area contributed by atoms with Gasteiger partial charge in [-0.1, -0.05) is 158 Å². The Labute approximate surface area is 402 Å². The monoisotopic (exact) mass is 1040 g/mol. The van der Waals surface area contributed by atoms with E-state index in [9.17, 15) is 0 Å². The SMILES string of the molecule is CC(C)c1cc(-c2ccccc2)cc(C(C)C)c1N1c2ccccc2[N-]C1c1[c-]cc2sc3ccccc3c2c1.[2H]C([2H])([2H])c1c[c-]c(-c2cc(C([2H])([2H])C(C)(C)C)c([Si](C)(C)C)cn2)cc1.[Ir+3]. The van der Waals surface area contributed by atoms with Crippen LogP contribution >= 0.6 is 11.3 Å². The van der Waals surface area contributed by atoms with Gasteiger partial charge in [0, 0.05) is 29.1 Å².